The van der Waals surface area contributed by atoms with Gasteiger partial charge in [0.25, 0.3) is 0 Å². The van der Waals surface area contributed by atoms with Gasteiger partial charge in [-0.25, -0.2) is 0 Å². The summed E-state index contributed by atoms with van der Waals surface area (Å²) in [4.78, 5) is 10.4. The minimum Gasteiger partial charge on any atom is -0.381 e. The normalized spacial score (nSPS) is 29.8. The molecule has 0 bridgehead atoms. The van der Waals surface area contributed by atoms with Crippen LogP contribution in [-0.2, 0) is 9.47 Å². The summed E-state index contributed by atoms with van der Waals surface area (Å²) in [5.74, 6) is 1.69. The first-order valence-electron chi connectivity index (χ1n) is 20.8. The minimum atomic E-state index is 0.656. The van der Waals surface area contributed by atoms with Gasteiger partial charge in [0.1, 0.15) is 0 Å². The van der Waals surface area contributed by atoms with Gasteiger partial charge in [-0.1, -0.05) is 6.42 Å². The van der Waals surface area contributed by atoms with Crippen molar-refractivity contribution >= 4 is 0 Å². The van der Waals surface area contributed by atoms with Crippen molar-refractivity contribution in [2.45, 2.75) is 150 Å². The van der Waals surface area contributed by atoms with Gasteiger partial charge < -0.3 is 34.4 Å². The lowest BCUT2D eigenvalue weighted by molar-refractivity contribution is -0.0251. The Morgan fingerprint density at radius 2 is 0.854 bits per heavy atom. The van der Waals surface area contributed by atoms with E-state index in [1.165, 1.54) is 136 Å². The van der Waals surface area contributed by atoms with Crippen LogP contribution < -0.4 is 5.32 Å². The summed E-state index contributed by atoms with van der Waals surface area (Å²) in [5, 5.41) is 3.48. The Morgan fingerprint density at radius 1 is 0.458 bits per heavy atom. The van der Waals surface area contributed by atoms with E-state index in [1.807, 2.05) is 0 Å². The Morgan fingerprint density at radius 3 is 1.25 bits per heavy atom. The average molecular weight is 676 g/mol. The maximum absolute atomic E-state index is 5.46. The fourth-order valence-corrected chi connectivity index (χ4v) is 9.37. The molecule has 0 radical (unpaired) electrons. The van der Waals surface area contributed by atoms with Gasteiger partial charge in [-0.2, -0.15) is 0 Å². The quantitative estimate of drug-likeness (QED) is 0.344. The van der Waals surface area contributed by atoms with Crippen LogP contribution in [0.1, 0.15) is 126 Å². The van der Waals surface area contributed by atoms with Crippen molar-refractivity contribution in [3.05, 3.63) is 0 Å². The largest absolute Gasteiger partial charge is 0.381 e. The highest BCUT2D eigenvalue weighted by atomic mass is 16.5. The van der Waals surface area contributed by atoms with Crippen LogP contribution >= 0.6 is 0 Å². The molecule has 0 aromatic heterocycles. The topological polar surface area (TPSA) is 43.5 Å². The summed E-state index contributed by atoms with van der Waals surface area (Å²) in [6.07, 6.45) is 15.4. The van der Waals surface area contributed by atoms with Gasteiger partial charge in [0.2, 0.25) is 0 Å². The van der Waals surface area contributed by atoms with Crippen LogP contribution in [0.25, 0.3) is 0 Å². The Kier molecular flexibility index (Phi) is 16.9. The third-order valence-corrected chi connectivity index (χ3v) is 13.5. The van der Waals surface area contributed by atoms with Gasteiger partial charge >= 0.3 is 0 Å². The van der Waals surface area contributed by atoms with Crippen molar-refractivity contribution in [3.63, 3.8) is 0 Å². The molecular weight excluding hydrogens is 594 g/mol. The summed E-state index contributed by atoms with van der Waals surface area (Å²) >= 11 is 0. The highest BCUT2D eigenvalue weighted by Crippen LogP contribution is 2.41. The smallest absolute Gasteiger partial charge is 0.0510 e. The second kappa shape index (κ2) is 20.1. The maximum atomic E-state index is 5.46. The van der Waals surface area contributed by atoms with Crippen molar-refractivity contribution in [1.29, 1.82) is 0 Å². The number of rotatable bonds is 4. The molecule has 7 heteroatoms. The Labute approximate surface area is 298 Å². The van der Waals surface area contributed by atoms with Gasteiger partial charge in [0, 0.05) is 62.3 Å². The molecule has 2 atom stereocenters. The number of hydrogen-bond acceptors (Lipinski definition) is 7. The molecule has 282 valence electrons. The van der Waals surface area contributed by atoms with E-state index < -0.39 is 0 Å². The number of hydrogen-bond donors (Lipinski definition) is 1. The van der Waals surface area contributed by atoms with Gasteiger partial charge in [-0.05, 0) is 183 Å². The van der Waals surface area contributed by atoms with Crippen LogP contribution in [0.2, 0.25) is 0 Å². The fraction of sp³-hybridized carbons (Fsp3) is 1.00. The molecule has 7 aliphatic rings. The summed E-state index contributed by atoms with van der Waals surface area (Å²) in [6.45, 7) is 35.4. The molecule has 7 aliphatic heterocycles. The van der Waals surface area contributed by atoms with Crippen LogP contribution in [0.5, 0.6) is 0 Å². The highest BCUT2D eigenvalue weighted by Gasteiger charge is 2.38. The summed E-state index contributed by atoms with van der Waals surface area (Å²) in [5.41, 5.74) is 1.38. The standard InChI is InChI=1S/C12H24N2.C12H23NO.C9H17NO.C8H17N/c1-11(2)14-9-5-12(6-10-14)3-7-13-8-4-12;1-11(2)13-7-3-12(4-8-13)5-9-14-10-6-12;1-7(2)10-3-8-5-11-6-9(8)4-10;1-8(2)9-6-4-3-5-7-9/h11,13H,3-10H2,1-2H3;11H,3-10H2,1-2H3;7-9H,3-6H2,1-2H3;8H,3-7H2,1-2H3. The van der Waals surface area contributed by atoms with E-state index in [0.29, 0.717) is 5.41 Å². The van der Waals surface area contributed by atoms with Crippen molar-refractivity contribution in [2.75, 3.05) is 91.9 Å². The number of nitrogens with zero attached hydrogens (tertiary/aromatic N) is 4. The zero-order valence-corrected chi connectivity index (χ0v) is 33.2. The Balaban J connectivity index is 0.000000147. The minimum absolute atomic E-state index is 0.656. The SMILES string of the molecule is CC(C)N1CC2COCC2C1.CC(C)N1CCC2(CCNCC2)CC1.CC(C)N1CCC2(CCOCC2)CC1.CC(C)N1CCCCC1. The number of nitrogens with one attached hydrogen (secondary N) is 1. The number of fused-ring (bicyclic) bond motifs is 1. The van der Waals surface area contributed by atoms with E-state index in [0.717, 1.165) is 67.8 Å². The monoisotopic (exact) mass is 676 g/mol. The number of ether oxygens (including phenoxy) is 2. The predicted molar refractivity (Wildman–Crippen MR) is 204 cm³/mol. The molecule has 2 unspecified atom stereocenters. The predicted octanol–water partition coefficient (Wildman–Crippen LogP) is 7.00. The molecule has 48 heavy (non-hydrogen) atoms. The molecule has 0 aromatic carbocycles. The van der Waals surface area contributed by atoms with E-state index in [4.69, 9.17) is 9.47 Å². The van der Waals surface area contributed by atoms with Crippen molar-refractivity contribution < 1.29 is 9.47 Å². The zero-order chi connectivity index (χ0) is 34.6. The van der Waals surface area contributed by atoms with Crippen LogP contribution in [0.3, 0.4) is 0 Å². The molecule has 2 spiro atoms. The van der Waals surface area contributed by atoms with E-state index >= 15 is 0 Å². The first-order chi connectivity index (χ1) is 23.0. The molecule has 7 heterocycles. The van der Waals surface area contributed by atoms with Crippen LogP contribution in [0.4, 0.5) is 0 Å². The van der Waals surface area contributed by atoms with Crippen molar-refractivity contribution in [3.8, 4) is 0 Å². The van der Waals surface area contributed by atoms with Crippen molar-refractivity contribution in [1.82, 2.24) is 24.9 Å². The molecule has 1 N–H and O–H groups in total. The lowest BCUT2D eigenvalue weighted by Gasteiger charge is -2.45. The third-order valence-electron chi connectivity index (χ3n) is 13.5. The first kappa shape index (κ1) is 40.5. The second-order valence-electron chi connectivity index (χ2n) is 17.9. The van der Waals surface area contributed by atoms with E-state index in [-0.39, 0.29) is 0 Å². The van der Waals surface area contributed by atoms with E-state index in [1.54, 1.807) is 0 Å². The van der Waals surface area contributed by atoms with Gasteiger partial charge in [-0.15, -0.1) is 0 Å². The molecule has 7 fully saturated rings. The summed E-state index contributed by atoms with van der Waals surface area (Å²) < 4.78 is 10.9. The molecule has 0 saturated carbocycles. The second-order valence-corrected chi connectivity index (χ2v) is 17.9. The van der Waals surface area contributed by atoms with Gasteiger partial charge in [-0.3, -0.25) is 0 Å². The number of piperidine rings is 4. The summed E-state index contributed by atoms with van der Waals surface area (Å²) in [6, 6.07) is 2.96. The fourth-order valence-electron chi connectivity index (χ4n) is 9.37. The Hall–Kier alpha value is -0.280. The van der Waals surface area contributed by atoms with Crippen LogP contribution in [0.15, 0.2) is 0 Å². The van der Waals surface area contributed by atoms with E-state index in [9.17, 15) is 0 Å². The van der Waals surface area contributed by atoms with Crippen LogP contribution in [0, 0.1) is 22.7 Å². The molecule has 0 aromatic rings. The lowest BCUT2D eigenvalue weighted by Crippen LogP contribution is -2.47. The van der Waals surface area contributed by atoms with E-state index in [2.05, 4.69) is 80.3 Å². The first-order valence-corrected chi connectivity index (χ1v) is 20.8. The highest BCUT2D eigenvalue weighted by molar-refractivity contribution is 4.91. The zero-order valence-electron chi connectivity index (χ0n) is 33.2. The maximum Gasteiger partial charge on any atom is 0.0510 e. The molecule has 0 aliphatic carbocycles. The van der Waals surface area contributed by atoms with Crippen LogP contribution in [-0.4, -0.2) is 136 Å². The lowest BCUT2D eigenvalue weighted by atomic mass is 9.71. The van der Waals surface area contributed by atoms with Gasteiger partial charge in [0.05, 0.1) is 13.2 Å². The molecule has 7 saturated heterocycles. The molecule has 0 amide bonds. The third kappa shape index (κ3) is 12.4. The van der Waals surface area contributed by atoms with Gasteiger partial charge in [0.15, 0.2) is 0 Å². The Bertz CT molecular complexity index is 789. The molecule has 7 nitrogen and oxygen atoms in total. The molecule has 7 rings (SSSR count). The molecular formula is C41H81N5O2. The number of likely N-dealkylation sites (tertiary alicyclic amines) is 4. The summed E-state index contributed by atoms with van der Waals surface area (Å²) in [7, 11) is 0. The van der Waals surface area contributed by atoms with Crippen molar-refractivity contribution in [2.24, 2.45) is 22.7 Å². The average Bonchev–Trinajstić information content (AvgIpc) is 3.71.